The second-order valence-corrected chi connectivity index (χ2v) is 8.62. The molecular weight excluding hydrogens is 404 g/mol. The third-order valence-corrected chi connectivity index (χ3v) is 6.49. The van der Waals surface area contributed by atoms with Gasteiger partial charge in [0, 0.05) is 31.7 Å². The molecule has 0 bridgehead atoms. The van der Waals surface area contributed by atoms with Crippen LogP contribution < -0.4 is 4.74 Å². The van der Waals surface area contributed by atoms with E-state index in [0.29, 0.717) is 44.6 Å². The minimum absolute atomic E-state index is 0.0283. The smallest absolute Gasteiger partial charge is 0.254 e. The van der Waals surface area contributed by atoms with Gasteiger partial charge in [-0.05, 0) is 65.1 Å². The summed E-state index contributed by atoms with van der Waals surface area (Å²) < 4.78 is 5.29. The number of nitrogens with zero attached hydrogens (tertiary/aromatic N) is 2. The van der Waals surface area contributed by atoms with Gasteiger partial charge in [0.1, 0.15) is 11.4 Å². The second-order valence-electron chi connectivity index (χ2n) is 8.62. The standard InChI is InChI=1S/C26H26N2O4/c1-32-23-9-8-21-16-20(6-7-22(21)17-23)18-2-4-19(5-3-18)24(29)27-12-14-28(15-13-27)25(30)26(31)10-11-26/h2-9,16-17,31H,10-15H2,1H3. The average molecular weight is 431 g/mol. The third kappa shape index (κ3) is 3.82. The molecule has 5 rings (SSSR count). The van der Waals surface area contributed by atoms with Gasteiger partial charge in [0.25, 0.3) is 11.8 Å². The molecule has 3 aromatic carbocycles. The van der Waals surface area contributed by atoms with Crippen LogP contribution in [0.4, 0.5) is 0 Å². The molecule has 1 saturated heterocycles. The van der Waals surface area contributed by atoms with Crippen LogP contribution in [0.2, 0.25) is 0 Å². The van der Waals surface area contributed by atoms with E-state index in [4.69, 9.17) is 4.74 Å². The SMILES string of the molecule is COc1ccc2cc(-c3ccc(C(=O)N4CCN(C(=O)C5(O)CC5)CC4)cc3)ccc2c1. The molecule has 1 N–H and O–H groups in total. The Hall–Kier alpha value is -3.38. The van der Waals surface area contributed by atoms with Gasteiger partial charge in [0.05, 0.1) is 7.11 Å². The molecule has 1 heterocycles. The maximum atomic E-state index is 12.9. The van der Waals surface area contributed by atoms with Gasteiger partial charge in [-0.3, -0.25) is 9.59 Å². The summed E-state index contributed by atoms with van der Waals surface area (Å²) in [6.07, 6.45) is 1.09. The third-order valence-electron chi connectivity index (χ3n) is 6.49. The summed E-state index contributed by atoms with van der Waals surface area (Å²) in [5, 5.41) is 12.3. The van der Waals surface area contributed by atoms with Crippen LogP contribution in [0.5, 0.6) is 5.75 Å². The number of ether oxygens (including phenoxy) is 1. The van der Waals surface area contributed by atoms with Crippen molar-refractivity contribution >= 4 is 22.6 Å². The molecule has 0 spiro atoms. The molecule has 0 unspecified atom stereocenters. The van der Waals surface area contributed by atoms with Crippen LogP contribution in [0.1, 0.15) is 23.2 Å². The Kier molecular flexibility index (Phi) is 5.10. The number of piperazine rings is 1. The molecule has 0 aromatic heterocycles. The molecule has 6 heteroatoms. The summed E-state index contributed by atoms with van der Waals surface area (Å²) in [6.45, 7) is 1.90. The Balaban J connectivity index is 1.26. The van der Waals surface area contributed by atoms with Gasteiger partial charge in [-0.1, -0.05) is 30.3 Å². The van der Waals surface area contributed by atoms with Gasteiger partial charge >= 0.3 is 0 Å². The van der Waals surface area contributed by atoms with E-state index in [9.17, 15) is 14.7 Å². The second kappa shape index (κ2) is 7.95. The average Bonchev–Trinajstić information content (AvgIpc) is 3.61. The lowest BCUT2D eigenvalue weighted by Crippen LogP contribution is -2.53. The van der Waals surface area contributed by atoms with E-state index in [2.05, 4.69) is 18.2 Å². The summed E-state index contributed by atoms with van der Waals surface area (Å²) in [7, 11) is 1.66. The number of carbonyl (C=O) groups is 2. The number of hydrogen-bond donors (Lipinski definition) is 1. The van der Waals surface area contributed by atoms with Crippen LogP contribution in [0, 0.1) is 0 Å². The van der Waals surface area contributed by atoms with E-state index in [1.165, 1.54) is 0 Å². The fourth-order valence-corrected chi connectivity index (χ4v) is 4.26. The Morgan fingerprint density at radius 3 is 2.06 bits per heavy atom. The maximum absolute atomic E-state index is 12.9. The highest BCUT2D eigenvalue weighted by Gasteiger charge is 2.50. The number of carbonyl (C=O) groups excluding carboxylic acids is 2. The number of aliphatic hydroxyl groups is 1. The molecule has 32 heavy (non-hydrogen) atoms. The van der Waals surface area contributed by atoms with Crippen molar-refractivity contribution in [2.24, 2.45) is 0 Å². The highest BCUT2D eigenvalue weighted by molar-refractivity contribution is 5.95. The van der Waals surface area contributed by atoms with Crippen molar-refractivity contribution in [3.8, 4) is 16.9 Å². The lowest BCUT2D eigenvalue weighted by molar-refractivity contribution is -0.143. The van der Waals surface area contributed by atoms with Gasteiger partial charge in [0.15, 0.2) is 0 Å². The fourth-order valence-electron chi connectivity index (χ4n) is 4.26. The molecule has 2 amide bonds. The lowest BCUT2D eigenvalue weighted by atomic mass is 10.00. The van der Waals surface area contributed by atoms with E-state index in [1.54, 1.807) is 16.9 Å². The van der Waals surface area contributed by atoms with Crippen molar-refractivity contribution in [3.05, 3.63) is 66.2 Å². The summed E-state index contributed by atoms with van der Waals surface area (Å²) in [5.74, 6) is 0.615. The first kappa shape index (κ1) is 20.5. The first-order valence-electron chi connectivity index (χ1n) is 11.0. The number of methoxy groups -OCH3 is 1. The quantitative estimate of drug-likeness (QED) is 0.689. The zero-order valence-corrected chi connectivity index (χ0v) is 18.1. The zero-order valence-electron chi connectivity index (χ0n) is 18.1. The molecule has 1 saturated carbocycles. The molecular formula is C26H26N2O4. The van der Waals surface area contributed by atoms with Crippen molar-refractivity contribution in [1.29, 1.82) is 0 Å². The van der Waals surface area contributed by atoms with Gasteiger partial charge < -0.3 is 19.6 Å². The van der Waals surface area contributed by atoms with Crippen molar-refractivity contribution in [2.75, 3.05) is 33.3 Å². The van der Waals surface area contributed by atoms with Gasteiger partial charge in [-0.2, -0.15) is 0 Å². The highest BCUT2D eigenvalue weighted by atomic mass is 16.5. The van der Waals surface area contributed by atoms with Crippen molar-refractivity contribution in [3.63, 3.8) is 0 Å². The van der Waals surface area contributed by atoms with Gasteiger partial charge in [-0.15, -0.1) is 0 Å². The van der Waals surface area contributed by atoms with Crippen LogP contribution in [0.15, 0.2) is 60.7 Å². The number of benzene rings is 3. The predicted octanol–water partition coefficient (Wildman–Crippen LogP) is 3.32. The predicted molar refractivity (Wildman–Crippen MR) is 123 cm³/mol. The van der Waals surface area contributed by atoms with Crippen molar-refractivity contribution in [1.82, 2.24) is 9.80 Å². The first-order chi connectivity index (χ1) is 15.5. The van der Waals surface area contributed by atoms with Crippen LogP contribution in [-0.2, 0) is 4.79 Å². The first-order valence-corrected chi connectivity index (χ1v) is 11.0. The number of fused-ring (bicyclic) bond motifs is 1. The molecule has 3 aromatic rings. The van der Waals surface area contributed by atoms with E-state index < -0.39 is 5.60 Å². The molecule has 2 fully saturated rings. The Bertz CT molecular complexity index is 1180. The summed E-state index contributed by atoms with van der Waals surface area (Å²) in [6, 6.07) is 20.0. The molecule has 0 atom stereocenters. The Labute approximate surface area is 187 Å². The van der Waals surface area contributed by atoms with E-state index in [1.807, 2.05) is 42.5 Å². The van der Waals surface area contributed by atoms with Crippen LogP contribution in [0.25, 0.3) is 21.9 Å². The minimum atomic E-state index is -1.14. The summed E-state index contributed by atoms with van der Waals surface area (Å²) in [5.41, 5.74) is 1.63. The zero-order chi connectivity index (χ0) is 22.3. The highest BCUT2D eigenvalue weighted by Crippen LogP contribution is 2.37. The Morgan fingerprint density at radius 1 is 0.812 bits per heavy atom. The van der Waals surface area contributed by atoms with Crippen LogP contribution in [0.3, 0.4) is 0 Å². The number of amides is 2. The van der Waals surface area contributed by atoms with Crippen LogP contribution >= 0.6 is 0 Å². The number of rotatable bonds is 4. The molecule has 164 valence electrons. The topological polar surface area (TPSA) is 70.1 Å². The van der Waals surface area contributed by atoms with E-state index in [-0.39, 0.29) is 11.8 Å². The normalized spacial score (nSPS) is 17.3. The maximum Gasteiger partial charge on any atom is 0.254 e. The number of hydrogen-bond acceptors (Lipinski definition) is 4. The molecule has 6 nitrogen and oxygen atoms in total. The molecule has 1 aliphatic heterocycles. The monoisotopic (exact) mass is 430 g/mol. The molecule has 0 radical (unpaired) electrons. The van der Waals surface area contributed by atoms with Crippen LogP contribution in [-0.4, -0.2) is 65.6 Å². The molecule has 1 aliphatic carbocycles. The van der Waals surface area contributed by atoms with E-state index in [0.717, 1.165) is 27.6 Å². The lowest BCUT2D eigenvalue weighted by Gasteiger charge is -2.35. The molecule has 2 aliphatic rings. The van der Waals surface area contributed by atoms with Crippen molar-refractivity contribution < 1.29 is 19.4 Å². The largest absolute Gasteiger partial charge is 0.497 e. The summed E-state index contributed by atoms with van der Waals surface area (Å²) in [4.78, 5) is 28.7. The van der Waals surface area contributed by atoms with Crippen molar-refractivity contribution in [2.45, 2.75) is 18.4 Å². The fraction of sp³-hybridized carbons (Fsp3) is 0.308. The van der Waals surface area contributed by atoms with Gasteiger partial charge in [-0.25, -0.2) is 0 Å². The Morgan fingerprint density at radius 2 is 1.41 bits per heavy atom. The minimum Gasteiger partial charge on any atom is -0.497 e. The van der Waals surface area contributed by atoms with Gasteiger partial charge in [0.2, 0.25) is 0 Å². The van der Waals surface area contributed by atoms with E-state index >= 15 is 0 Å². The summed E-state index contributed by atoms with van der Waals surface area (Å²) >= 11 is 0.